The third-order valence-corrected chi connectivity index (χ3v) is 5.34. The maximum absolute atomic E-state index is 13.1. The first-order chi connectivity index (χ1) is 14.6. The first-order valence-corrected chi connectivity index (χ1v) is 10.0. The van der Waals surface area contributed by atoms with Crippen LogP contribution in [-0.4, -0.2) is 54.4 Å². The molecule has 1 N–H and O–H groups in total. The second-order valence-corrected chi connectivity index (χ2v) is 7.23. The van der Waals surface area contributed by atoms with E-state index in [2.05, 4.69) is 15.2 Å². The number of fused-ring (bicyclic) bond motifs is 1. The van der Waals surface area contributed by atoms with Crippen LogP contribution in [0.25, 0.3) is 10.9 Å². The Kier molecular flexibility index (Phi) is 5.88. The predicted octanol–water partition coefficient (Wildman–Crippen LogP) is 2.84. The summed E-state index contributed by atoms with van der Waals surface area (Å²) in [6.07, 6.45) is 1.87. The number of aromatic nitrogens is 1. The molecular weight excluding hydrogens is 383 g/mol. The highest BCUT2D eigenvalue weighted by atomic mass is 19.1. The molecule has 0 unspecified atom stereocenters. The van der Waals surface area contributed by atoms with Crippen LogP contribution in [0.15, 0.2) is 60.8 Å². The zero-order chi connectivity index (χ0) is 20.9. The summed E-state index contributed by atoms with van der Waals surface area (Å²) in [5.74, 6) is -0.439. The average Bonchev–Trinajstić information content (AvgIpc) is 2.79. The summed E-state index contributed by atoms with van der Waals surface area (Å²) in [7, 11) is 0. The summed E-state index contributed by atoms with van der Waals surface area (Å²) >= 11 is 0. The predicted molar refractivity (Wildman–Crippen MR) is 114 cm³/mol. The highest BCUT2D eigenvalue weighted by Gasteiger charge is 2.21. The van der Waals surface area contributed by atoms with Crippen LogP contribution in [0.2, 0.25) is 0 Å². The Bertz CT molecular complexity index is 1040. The van der Waals surface area contributed by atoms with Crippen LogP contribution in [0.5, 0.6) is 0 Å². The lowest BCUT2D eigenvalue weighted by atomic mass is 10.1. The third kappa shape index (κ3) is 4.40. The Balaban J connectivity index is 1.26. The van der Waals surface area contributed by atoms with Gasteiger partial charge in [0.05, 0.1) is 11.1 Å². The Morgan fingerprint density at radius 2 is 1.70 bits per heavy atom. The van der Waals surface area contributed by atoms with Crippen LogP contribution in [0, 0.1) is 5.82 Å². The molecular formula is C23H23FN4O2. The molecule has 0 spiro atoms. The molecule has 0 aliphatic carbocycles. The summed E-state index contributed by atoms with van der Waals surface area (Å²) < 4.78 is 13.1. The van der Waals surface area contributed by atoms with Crippen molar-refractivity contribution in [1.29, 1.82) is 0 Å². The maximum Gasteiger partial charge on any atom is 0.252 e. The van der Waals surface area contributed by atoms with Gasteiger partial charge in [0.1, 0.15) is 5.82 Å². The van der Waals surface area contributed by atoms with Crippen molar-refractivity contribution in [3.8, 4) is 0 Å². The van der Waals surface area contributed by atoms with Gasteiger partial charge in [-0.15, -0.1) is 0 Å². The number of para-hydroxylation sites is 1. The van der Waals surface area contributed by atoms with Gasteiger partial charge in [0.15, 0.2) is 0 Å². The summed E-state index contributed by atoms with van der Waals surface area (Å²) in [6.45, 7) is 2.91. The van der Waals surface area contributed by atoms with E-state index in [0.29, 0.717) is 31.7 Å². The summed E-state index contributed by atoms with van der Waals surface area (Å²) in [4.78, 5) is 33.3. The second-order valence-electron chi connectivity index (χ2n) is 7.23. The molecule has 30 heavy (non-hydrogen) atoms. The Labute approximate surface area is 174 Å². The summed E-state index contributed by atoms with van der Waals surface area (Å²) in [5.41, 5.74) is 2.28. The quantitative estimate of drug-likeness (QED) is 0.708. The lowest BCUT2D eigenvalue weighted by molar-refractivity contribution is -0.131. The lowest BCUT2D eigenvalue weighted by Gasteiger charge is -2.36. The van der Waals surface area contributed by atoms with Crippen molar-refractivity contribution in [2.75, 3.05) is 37.6 Å². The fourth-order valence-electron chi connectivity index (χ4n) is 3.70. The van der Waals surface area contributed by atoms with Crippen LogP contribution in [0.3, 0.4) is 0 Å². The summed E-state index contributed by atoms with van der Waals surface area (Å²) in [5, 5.41) is 3.63. The minimum Gasteiger partial charge on any atom is -0.368 e. The molecule has 2 heterocycles. The van der Waals surface area contributed by atoms with E-state index in [1.807, 2.05) is 29.2 Å². The van der Waals surface area contributed by atoms with E-state index >= 15 is 0 Å². The number of amides is 2. The molecule has 1 fully saturated rings. The molecule has 3 aromatic rings. The molecule has 4 rings (SSSR count). The molecule has 2 amide bonds. The number of rotatable bonds is 5. The van der Waals surface area contributed by atoms with Gasteiger partial charge in [0.2, 0.25) is 5.91 Å². The number of carbonyl (C=O) groups is 2. The van der Waals surface area contributed by atoms with Crippen molar-refractivity contribution in [2.24, 2.45) is 0 Å². The van der Waals surface area contributed by atoms with Gasteiger partial charge in [0, 0.05) is 56.4 Å². The first kappa shape index (κ1) is 19.8. The zero-order valence-electron chi connectivity index (χ0n) is 16.6. The number of pyridine rings is 1. The SMILES string of the molecule is O=C(NCCC(=O)N1CCN(c2ccc(F)cc2)CC1)c1ccnc2ccccc12. The zero-order valence-corrected chi connectivity index (χ0v) is 16.6. The Morgan fingerprint density at radius 1 is 0.967 bits per heavy atom. The number of hydrogen-bond donors (Lipinski definition) is 1. The topological polar surface area (TPSA) is 65.5 Å². The number of carbonyl (C=O) groups excluding carboxylic acids is 2. The van der Waals surface area contributed by atoms with Crippen molar-refractivity contribution in [3.63, 3.8) is 0 Å². The third-order valence-electron chi connectivity index (χ3n) is 5.34. The van der Waals surface area contributed by atoms with Crippen molar-refractivity contribution in [3.05, 3.63) is 72.2 Å². The van der Waals surface area contributed by atoms with E-state index < -0.39 is 0 Å². The molecule has 1 aromatic heterocycles. The van der Waals surface area contributed by atoms with Gasteiger partial charge < -0.3 is 15.1 Å². The van der Waals surface area contributed by atoms with Gasteiger partial charge in [-0.05, 0) is 36.4 Å². The van der Waals surface area contributed by atoms with E-state index in [1.165, 1.54) is 12.1 Å². The van der Waals surface area contributed by atoms with Crippen molar-refractivity contribution in [1.82, 2.24) is 15.2 Å². The number of hydrogen-bond acceptors (Lipinski definition) is 4. The van der Waals surface area contributed by atoms with Crippen LogP contribution >= 0.6 is 0 Å². The van der Waals surface area contributed by atoms with Gasteiger partial charge in [-0.25, -0.2) is 4.39 Å². The van der Waals surface area contributed by atoms with Gasteiger partial charge in [-0.2, -0.15) is 0 Å². The van der Waals surface area contributed by atoms with Gasteiger partial charge >= 0.3 is 0 Å². The minimum atomic E-state index is -0.255. The summed E-state index contributed by atoms with van der Waals surface area (Å²) in [6, 6.07) is 15.6. The molecule has 1 saturated heterocycles. The molecule has 6 nitrogen and oxygen atoms in total. The lowest BCUT2D eigenvalue weighted by Crippen LogP contribution is -2.49. The highest BCUT2D eigenvalue weighted by molar-refractivity contribution is 6.06. The monoisotopic (exact) mass is 406 g/mol. The molecule has 0 bridgehead atoms. The van der Waals surface area contributed by atoms with E-state index in [4.69, 9.17) is 0 Å². The van der Waals surface area contributed by atoms with Gasteiger partial charge in [-0.3, -0.25) is 14.6 Å². The average molecular weight is 406 g/mol. The molecule has 0 radical (unpaired) electrons. The molecule has 154 valence electrons. The van der Waals surface area contributed by atoms with Gasteiger partial charge in [-0.1, -0.05) is 18.2 Å². The molecule has 0 atom stereocenters. The van der Waals surface area contributed by atoms with E-state index in [-0.39, 0.29) is 30.6 Å². The number of nitrogens with one attached hydrogen (secondary N) is 1. The van der Waals surface area contributed by atoms with Crippen LogP contribution in [0.1, 0.15) is 16.8 Å². The Morgan fingerprint density at radius 3 is 2.47 bits per heavy atom. The number of benzene rings is 2. The van der Waals surface area contributed by atoms with E-state index in [1.54, 1.807) is 24.4 Å². The smallest absolute Gasteiger partial charge is 0.252 e. The number of piperazine rings is 1. The number of anilines is 1. The van der Waals surface area contributed by atoms with E-state index in [9.17, 15) is 14.0 Å². The minimum absolute atomic E-state index is 0.0219. The first-order valence-electron chi connectivity index (χ1n) is 10.0. The highest BCUT2D eigenvalue weighted by Crippen LogP contribution is 2.18. The molecule has 7 heteroatoms. The van der Waals surface area contributed by atoms with Crippen LogP contribution in [0.4, 0.5) is 10.1 Å². The number of halogens is 1. The van der Waals surface area contributed by atoms with Crippen molar-refractivity contribution >= 4 is 28.4 Å². The van der Waals surface area contributed by atoms with E-state index in [0.717, 1.165) is 16.6 Å². The Hall–Kier alpha value is -3.48. The van der Waals surface area contributed by atoms with Crippen LogP contribution in [-0.2, 0) is 4.79 Å². The van der Waals surface area contributed by atoms with Crippen molar-refractivity contribution < 1.29 is 14.0 Å². The normalized spacial score (nSPS) is 14.0. The standard InChI is InChI=1S/C23H23FN4O2/c24-17-5-7-18(8-6-17)27-13-15-28(16-14-27)22(29)10-12-26-23(30)20-9-11-25-21-4-2-1-3-19(20)21/h1-9,11H,10,12-16H2,(H,26,30). The largest absolute Gasteiger partial charge is 0.368 e. The molecule has 1 aliphatic heterocycles. The second kappa shape index (κ2) is 8.90. The fourth-order valence-corrected chi connectivity index (χ4v) is 3.70. The maximum atomic E-state index is 13.1. The number of nitrogens with zero attached hydrogens (tertiary/aromatic N) is 3. The molecule has 1 aliphatic rings. The molecule has 2 aromatic carbocycles. The molecule has 0 saturated carbocycles. The van der Waals surface area contributed by atoms with Crippen molar-refractivity contribution in [2.45, 2.75) is 6.42 Å². The van der Waals surface area contributed by atoms with Crippen LogP contribution < -0.4 is 10.2 Å². The fraction of sp³-hybridized carbons (Fsp3) is 0.261. The van der Waals surface area contributed by atoms with Gasteiger partial charge in [0.25, 0.3) is 5.91 Å².